The van der Waals surface area contributed by atoms with Gasteiger partial charge in [-0.2, -0.15) is 0 Å². The number of carbonyl (C=O) groups is 3. The molecular formula is C14H19ClN2O6. The van der Waals surface area contributed by atoms with Crippen molar-refractivity contribution in [3.8, 4) is 0 Å². The third kappa shape index (κ3) is 7.59. The molecule has 1 aromatic carbocycles. The van der Waals surface area contributed by atoms with Gasteiger partial charge in [0.1, 0.15) is 12.1 Å². The SMILES string of the molecule is COC(=O)[C@H](Cc1ccccc1)NN[C@@H](CC(=O)O)C(=O)O.Cl. The van der Waals surface area contributed by atoms with Gasteiger partial charge in [0.15, 0.2) is 0 Å². The molecule has 9 heteroatoms. The summed E-state index contributed by atoms with van der Waals surface area (Å²) >= 11 is 0. The van der Waals surface area contributed by atoms with Gasteiger partial charge in [0, 0.05) is 0 Å². The number of carbonyl (C=O) groups excluding carboxylic acids is 1. The fourth-order valence-corrected chi connectivity index (χ4v) is 1.76. The van der Waals surface area contributed by atoms with Crippen molar-refractivity contribution >= 4 is 30.3 Å². The summed E-state index contributed by atoms with van der Waals surface area (Å²) in [5.41, 5.74) is 5.74. The number of esters is 1. The van der Waals surface area contributed by atoms with Gasteiger partial charge in [0.05, 0.1) is 13.5 Å². The summed E-state index contributed by atoms with van der Waals surface area (Å²) < 4.78 is 4.65. The highest BCUT2D eigenvalue weighted by Gasteiger charge is 2.25. The van der Waals surface area contributed by atoms with Crippen LogP contribution in [0.1, 0.15) is 12.0 Å². The summed E-state index contributed by atoms with van der Waals surface area (Å²) in [7, 11) is 1.22. The van der Waals surface area contributed by atoms with Gasteiger partial charge < -0.3 is 14.9 Å². The highest BCUT2D eigenvalue weighted by Crippen LogP contribution is 2.04. The number of rotatable bonds is 9. The Morgan fingerprint density at radius 2 is 1.65 bits per heavy atom. The van der Waals surface area contributed by atoms with Crippen molar-refractivity contribution in [3.05, 3.63) is 35.9 Å². The minimum Gasteiger partial charge on any atom is -0.481 e. The predicted molar refractivity (Wildman–Crippen MR) is 83.1 cm³/mol. The van der Waals surface area contributed by atoms with E-state index in [9.17, 15) is 14.4 Å². The molecule has 0 aromatic heterocycles. The van der Waals surface area contributed by atoms with Gasteiger partial charge in [-0.25, -0.2) is 10.9 Å². The molecule has 0 saturated carbocycles. The summed E-state index contributed by atoms with van der Waals surface area (Å²) in [5, 5.41) is 17.6. The largest absolute Gasteiger partial charge is 0.481 e. The molecule has 0 aliphatic rings. The monoisotopic (exact) mass is 346 g/mol. The van der Waals surface area contributed by atoms with Gasteiger partial charge in [-0.15, -0.1) is 12.4 Å². The van der Waals surface area contributed by atoms with E-state index in [2.05, 4.69) is 15.6 Å². The highest BCUT2D eigenvalue weighted by molar-refractivity contribution is 5.85. The van der Waals surface area contributed by atoms with Crippen molar-refractivity contribution in [2.45, 2.75) is 24.9 Å². The van der Waals surface area contributed by atoms with Crippen LogP contribution in [-0.2, 0) is 25.5 Å². The number of hydrogen-bond acceptors (Lipinski definition) is 6. The van der Waals surface area contributed by atoms with Crippen molar-refractivity contribution in [1.82, 2.24) is 10.9 Å². The number of methoxy groups -OCH3 is 1. The van der Waals surface area contributed by atoms with Crippen LogP contribution in [-0.4, -0.2) is 47.3 Å². The van der Waals surface area contributed by atoms with Crippen LogP contribution in [0, 0.1) is 0 Å². The molecule has 0 bridgehead atoms. The van der Waals surface area contributed by atoms with Crippen LogP contribution in [0.5, 0.6) is 0 Å². The zero-order valence-corrected chi connectivity index (χ0v) is 13.2. The quantitative estimate of drug-likeness (QED) is 0.369. The number of carboxylic acid groups (broad SMARTS) is 2. The van der Waals surface area contributed by atoms with Gasteiger partial charge >= 0.3 is 17.9 Å². The molecule has 0 unspecified atom stereocenters. The maximum atomic E-state index is 11.7. The zero-order valence-electron chi connectivity index (χ0n) is 12.4. The van der Waals surface area contributed by atoms with Crippen molar-refractivity contribution in [2.75, 3.05) is 7.11 Å². The normalized spacial score (nSPS) is 12.6. The first-order valence-corrected chi connectivity index (χ1v) is 6.51. The molecule has 0 heterocycles. The molecule has 0 radical (unpaired) electrons. The van der Waals surface area contributed by atoms with Crippen LogP contribution in [0.3, 0.4) is 0 Å². The summed E-state index contributed by atoms with van der Waals surface area (Å²) in [6, 6.07) is 6.86. The fraction of sp³-hybridized carbons (Fsp3) is 0.357. The zero-order chi connectivity index (χ0) is 16.5. The van der Waals surface area contributed by atoms with Crippen LogP contribution in [0.4, 0.5) is 0 Å². The molecule has 23 heavy (non-hydrogen) atoms. The van der Waals surface area contributed by atoms with Crippen LogP contribution >= 0.6 is 12.4 Å². The minimum absolute atomic E-state index is 0. The summed E-state index contributed by atoms with van der Waals surface area (Å²) in [6.07, 6.45) is -0.360. The van der Waals surface area contributed by atoms with Crippen molar-refractivity contribution in [1.29, 1.82) is 0 Å². The van der Waals surface area contributed by atoms with Crippen molar-refractivity contribution < 1.29 is 29.3 Å². The molecule has 0 amide bonds. The van der Waals surface area contributed by atoms with Gasteiger partial charge in [-0.1, -0.05) is 30.3 Å². The Hall–Kier alpha value is -2.16. The van der Waals surface area contributed by atoms with Crippen molar-refractivity contribution in [3.63, 3.8) is 0 Å². The Bertz CT molecular complexity index is 525. The number of aliphatic carboxylic acids is 2. The van der Waals surface area contributed by atoms with E-state index in [1.165, 1.54) is 7.11 Å². The van der Waals surface area contributed by atoms with E-state index >= 15 is 0 Å². The maximum Gasteiger partial charge on any atom is 0.324 e. The lowest BCUT2D eigenvalue weighted by atomic mass is 10.1. The number of ether oxygens (including phenoxy) is 1. The maximum absolute atomic E-state index is 11.7. The van der Waals surface area contributed by atoms with E-state index in [0.717, 1.165) is 5.56 Å². The minimum atomic E-state index is -1.36. The average molecular weight is 347 g/mol. The lowest BCUT2D eigenvalue weighted by molar-refractivity contribution is -0.147. The summed E-state index contributed by atoms with van der Waals surface area (Å²) in [4.78, 5) is 33.3. The van der Waals surface area contributed by atoms with Crippen LogP contribution < -0.4 is 10.9 Å². The molecule has 0 saturated heterocycles. The number of halogens is 1. The average Bonchev–Trinajstić information content (AvgIpc) is 2.49. The van der Waals surface area contributed by atoms with E-state index in [1.54, 1.807) is 0 Å². The molecule has 4 N–H and O–H groups in total. The molecule has 1 aromatic rings. The van der Waals surface area contributed by atoms with Crippen LogP contribution in [0.2, 0.25) is 0 Å². The lowest BCUT2D eigenvalue weighted by Gasteiger charge is -2.20. The Morgan fingerprint density at radius 1 is 1.09 bits per heavy atom. The molecule has 0 aliphatic heterocycles. The van der Waals surface area contributed by atoms with Gasteiger partial charge in [-0.3, -0.25) is 14.4 Å². The lowest BCUT2D eigenvalue weighted by Crippen LogP contribution is -2.54. The topological polar surface area (TPSA) is 125 Å². The third-order valence-corrected chi connectivity index (χ3v) is 2.88. The Kier molecular flexibility index (Phi) is 9.56. The first-order valence-electron chi connectivity index (χ1n) is 6.51. The highest BCUT2D eigenvalue weighted by atomic mass is 35.5. The van der Waals surface area contributed by atoms with Gasteiger partial charge in [0.2, 0.25) is 0 Å². The van der Waals surface area contributed by atoms with Crippen LogP contribution in [0.15, 0.2) is 30.3 Å². The van der Waals surface area contributed by atoms with E-state index in [0.29, 0.717) is 0 Å². The Morgan fingerprint density at radius 3 is 2.13 bits per heavy atom. The van der Waals surface area contributed by atoms with Crippen LogP contribution in [0.25, 0.3) is 0 Å². The second kappa shape index (κ2) is 10.5. The van der Waals surface area contributed by atoms with Gasteiger partial charge in [-0.05, 0) is 12.0 Å². The second-order valence-corrected chi connectivity index (χ2v) is 4.54. The molecule has 2 atom stereocenters. The molecule has 8 nitrogen and oxygen atoms in total. The Labute approximate surface area is 139 Å². The fourth-order valence-electron chi connectivity index (χ4n) is 1.76. The van der Waals surface area contributed by atoms with E-state index < -0.39 is 36.4 Å². The Balaban J connectivity index is 0.00000484. The van der Waals surface area contributed by atoms with Crippen molar-refractivity contribution in [2.24, 2.45) is 0 Å². The second-order valence-electron chi connectivity index (χ2n) is 4.54. The standard InChI is InChI=1S/C14H18N2O6.ClH/c1-22-14(21)11(7-9-5-3-2-4-6-9)16-15-10(13(19)20)8-12(17)18;/h2-6,10-11,15-16H,7-8H2,1H3,(H,17,18)(H,19,20);1H/t10-,11-;/m0./s1. The number of carboxylic acids is 2. The van der Waals surface area contributed by atoms with E-state index in [-0.39, 0.29) is 18.8 Å². The van der Waals surface area contributed by atoms with E-state index in [4.69, 9.17) is 10.2 Å². The molecule has 128 valence electrons. The molecule has 0 aliphatic carbocycles. The number of benzene rings is 1. The first-order chi connectivity index (χ1) is 10.4. The predicted octanol–water partition coefficient (Wildman–Crippen LogP) is 0.215. The number of hydrogen-bond donors (Lipinski definition) is 4. The smallest absolute Gasteiger partial charge is 0.324 e. The molecular weight excluding hydrogens is 328 g/mol. The number of nitrogens with one attached hydrogen (secondary N) is 2. The van der Waals surface area contributed by atoms with Gasteiger partial charge in [0.25, 0.3) is 0 Å². The summed E-state index contributed by atoms with van der Waals surface area (Å²) in [6.45, 7) is 0. The molecule has 1 rings (SSSR count). The number of hydrazine groups is 1. The summed E-state index contributed by atoms with van der Waals surface area (Å²) in [5.74, 6) is -3.19. The third-order valence-electron chi connectivity index (χ3n) is 2.88. The van der Waals surface area contributed by atoms with E-state index in [1.807, 2.05) is 30.3 Å². The molecule has 0 fully saturated rings. The molecule has 0 spiro atoms. The first kappa shape index (κ1) is 20.8.